The van der Waals surface area contributed by atoms with E-state index in [4.69, 9.17) is 16.1 Å². The summed E-state index contributed by atoms with van der Waals surface area (Å²) in [5.41, 5.74) is 5.11. The predicted molar refractivity (Wildman–Crippen MR) is 118 cm³/mol. The van der Waals surface area contributed by atoms with Crippen LogP contribution < -0.4 is 5.32 Å². The molecule has 3 rings (SSSR count). The van der Waals surface area contributed by atoms with E-state index < -0.39 is 0 Å². The minimum absolute atomic E-state index is 0.113. The molecule has 30 heavy (non-hydrogen) atoms. The Morgan fingerprint density at radius 1 is 1.10 bits per heavy atom. The Morgan fingerprint density at radius 3 is 2.37 bits per heavy atom. The molecule has 3 aromatic rings. The minimum Gasteiger partial charge on any atom is -0.360 e. The van der Waals surface area contributed by atoms with Crippen LogP contribution in [0.3, 0.4) is 0 Å². The first-order valence-electron chi connectivity index (χ1n) is 9.53. The van der Waals surface area contributed by atoms with Gasteiger partial charge in [0.25, 0.3) is 5.91 Å². The maximum atomic E-state index is 13.1. The number of likely N-dealkylation sites (N-methyl/N-ethyl adjacent to an activating group) is 1. The van der Waals surface area contributed by atoms with Crippen molar-refractivity contribution in [2.75, 3.05) is 18.9 Å². The van der Waals surface area contributed by atoms with Crippen molar-refractivity contribution < 1.29 is 14.1 Å². The van der Waals surface area contributed by atoms with Gasteiger partial charge in [-0.2, -0.15) is 0 Å². The van der Waals surface area contributed by atoms with Crippen molar-refractivity contribution in [3.63, 3.8) is 0 Å². The molecule has 2 aromatic carbocycles. The predicted octanol–water partition coefficient (Wildman–Crippen LogP) is 4.94. The standard InChI is InChI=1S/C23H24ClN3O3/c1-13-10-14(2)21(15(3)11-13)25-19(28)12-27(5)23(29)20-16(4)30-26-22(20)17-8-6-7-9-18(17)24/h6-11H,12H2,1-5H3,(H,25,28). The molecular formula is C23H24ClN3O3. The number of benzene rings is 2. The van der Waals surface area contributed by atoms with Crippen molar-refractivity contribution in [2.24, 2.45) is 0 Å². The van der Waals surface area contributed by atoms with Gasteiger partial charge in [-0.25, -0.2) is 0 Å². The van der Waals surface area contributed by atoms with Gasteiger partial charge >= 0.3 is 0 Å². The summed E-state index contributed by atoms with van der Waals surface area (Å²) in [5, 5.41) is 7.40. The highest BCUT2D eigenvalue weighted by molar-refractivity contribution is 6.33. The molecule has 0 bridgehead atoms. The van der Waals surface area contributed by atoms with Crippen LogP contribution >= 0.6 is 11.6 Å². The fourth-order valence-corrected chi connectivity index (χ4v) is 3.72. The molecule has 156 valence electrons. The summed E-state index contributed by atoms with van der Waals surface area (Å²) in [5.74, 6) is -0.280. The Labute approximate surface area is 180 Å². The lowest BCUT2D eigenvalue weighted by atomic mass is 10.0. The van der Waals surface area contributed by atoms with Crippen molar-refractivity contribution >= 4 is 29.1 Å². The second-order valence-electron chi connectivity index (χ2n) is 7.43. The summed E-state index contributed by atoms with van der Waals surface area (Å²) in [6.07, 6.45) is 0. The molecule has 6 nitrogen and oxygen atoms in total. The van der Waals surface area contributed by atoms with Crippen molar-refractivity contribution in [2.45, 2.75) is 27.7 Å². The maximum Gasteiger partial charge on any atom is 0.259 e. The number of aryl methyl sites for hydroxylation is 4. The third-order valence-electron chi connectivity index (χ3n) is 4.87. The van der Waals surface area contributed by atoms with Crippen LogP contribution in [0, 0.1) is 27.7 Å². The summed E-state index contributed by atoms with van der Waals surface area (Å²) in [6, 6.07) is 11.1. The van der Waals surface area contributed by atoms with Crippen LogP contribution in [0.25, 0.3) is 11.3 Å². The highest BCUT2D eigenvalue weighted by Gasteiger charge is 2.26. The molecule has 0 radical (unpaired) electrons. The molecule has 0 saturated heterocycles. The SMILES string of the molecule is Cc1cc(C)c(NC(=O)CN(C)C(=O)c2c(-c3ccccc3Cl)noc2C)c(C)c1. The second-order valence-corrected chi connectivity index (χ2v) is 7.83. The van der Waals surface area contributed by atoms with Gasteiger partial charge in [0.05, 0.1) is 11.6 Å². The number of hydrogen-bond donors (Lipinski definition) is 1. The smallest absolute Gasteiger partial charge is 0.259 e. The van der Waals surface area contributed by atoms with Crippen molar-refractivity contribution in [3.8, 4) is 11.3 Å². The first-order valence-corrected chi connectivity index (χ1v) is 9.91. The lowest BCUT2D eigenvalue weighted by Crippen LogP contribution is -2.35. The lowest BCUT2D eigenvalue weighted by Gasteiger charge is -2.18. The molecule has 0 aliphatic rings. The molecule has 0 atom stereocenters. The van der Waals surface area contributed by atoms with E-state index in [1.165, 1.54) is 4.90 Å². The Kier molecular flexibility index (Phi) is 6.27. The number of carbonyl (C=O) groups excluding carboxylic acids is 2. The van der Waals surface area contributed by atoms with Gasteiger partial charge < -0.3 is 14.7 Å². The van der Waals surface area contributed by atoms with Crippen molar-refractivity contribution in [1.82, 2.24) is 10.1 Å². The molecule has 0 aliphatic carbocycles. The van der Waals surface area contributed by atoms with Crippen molar-refractivity contribution in [1.29, 1.82) is 0 Å². The van der Waals surface area contributed by atoms with E-state index >= 15 is 0 Å². The lowest BCUT2D eigenvalue weighted by molar-refractivity contribution is -0.116. The second kappa shape index (κ2) is 8.71. The van der Waals surface area contributed by atoms with E-state index in [2.05, 4.69) is 10.5 Å². The van der Waals surface area contributed by atoms with E-state index in [0.29, 0.717) is 27.6 Å². The third kappa shape index (κ3) is 4.39. The Bertz CT molecular complexity index is 1100. The molecule has 2 amide bonds. The number of nitrogens with one attached hydrogen (secondary N) is 1. The van der Waals surface area contributed by atoms with E-state index in [0.717, 1.165) is 22.4 Å². The molecule has 1 heterocycles. The van der Waals surface area contributed by atoms with Gasteiger partial charge in [-0.1, -0.05) is 52.7 Å². The van der Waals surface area contributed by atoms with Gasteiger partial charge in [-0.3, -0.25) is 9.59 Å². The molecule has 7 heteroatoms. The average Bonchev–Trinajstić information content (AvgIpc) is 3.05. The average molecular weight is 426 g/mol. The first kappa shape index (κ1) is 21.6. The van der Waals surface area contributed by atoms with Gasteiger partial charge in [0.2, 0.25) is 5.91 Å². The summed E-state index contributed by atoms with van der Waals surface area (Å²) < 4.78 is 5.26. The Morgan fingerprint density at radius 2 is 1.73 bits per heavy atom. The summed E-state index contributed by atoms with van der Waals surface area (Å²) in [6.45, 7) is 7.45. The zero-order chi connectivity index (χ0) is 22.0. The van der Waals surface area contributed by atoms with E-state index in [1.54, 1.807) is 32.2 Å². The number of anilines is 1. The van der Waals surface area contributed by atoms with Crippen LogP contribution in [-0.2, 0) is 4.79 Å². The number of nitrogens with zero attached hydrogens (tertiary/aromatic N) is 2. The monoisotopic (exact) mass is 425 g/mol. The Balaban J connectivity index is 1.80. The fourth-order valence-electron chi connectivity index (χ4n) is 3.50. The number of rotatable bonds is 5. The molecule has 0 spiro atoms. The van der Waals surface area contributed by atoms with Gasteiger partial charge in [0, 0.05) is 18.3 Å². The van der Waals surface area contributed by atoms with E-state index in [1.807, 2.05) is 39.0 Å². The largest absolute Gasteiger partial charge is 0.360 e. The number of aromatic nitrogens is 1. The van der Waals surface area contributed by atoms with Crippen LogP contribution in [0.5, 0.6) is 0 Å². The van der Waals surface area contributed by atoms with Crippen LogP contribution in [-0.4, -0.2) is 35.5 Å². The summed E-state index contributed by atoms with van der Waals surface area (Å²) >= 11 is 6.27. The van der Waals surface area contributed by atoms with Crippen LogP contribution in [0.15, 0.2) is 40.9 Å². The van der Waals surface area contributed by atoms with Gasteiger partial charge in [0.1, 0.15) is 17.0 Å². The molecule has 0 unspecified atom stereocenters. The number of carbonyl (C=O) groups is 2. The van der Waals surface area contributed by atoms with Gasteiger partial charge in [-0.15, -0.1) is 0 Å². The summed E-state index contributed by atoms with van der Waals surface area (Å²) in [4.78, 5) is 27.1. The van der Waals surface area contributed by atoms with E-state index in [9.17, 15) is 9.59 Å². The number of hydrogen-bond acceptors (Lipinski definition) is 4. The number of amides is 2. The molecule has 1 aromatic heterocycles. The molecule has 0 aliphatic heterocycles. The summed E-state index contributed by atoms with van der Waals surface area (Å²) in [7, 11) is 1.57. The fraction of sp³-hybridized carbons (Fsp3) is 0.261. The highest BCUT2D eigenvalue weighted by Crippen LogP contribution is 2.31. The van der Waals surface area contributed by atoms with Crippen LogP contribution in [0.1, 0.15) is 32.8 Å². The normalized spacial score (nSPS) is 10.7. The maximum absolute atomic E-state index is 13.1. The zero-order valence-corrected chi connectivity index (χ0v) is 18.4. The van der Waals surface area contributed by atoms with Crippen molar-refractivity contribution in [3.05, 3.63) is 69.4 Å². The third-order valence-corrected chi connectivity index (χ3v) is 5.20. The molecular weight excluding hydrogens is 402 g/mol. The van der Waals surface area contributed by atoms with E-state index in [-0.39, 0.29) is 18.4 Å². The quantitative estimate of drug-likeness (QED) is 0.628. The zero-order valence-electron chi connectivity index (χ0n) is 17.7. The molecule has 0 fully saturated rings. The number of halogens is 1. The first-order chi connectivity index (χ1) is 14.2. The minimum atomic E-state index is -0.365. The molecule has 1 N–H and O–H groups in total. The van der Waals surface area contributed by atoms with Gasteiger partial charge in [0.15, 0.2) is 0 Å². The topological polar surface area (TPSA) is 75.4 Å². The Hall–Kier alpha value is -3.12. The van der Waals surface area contributed by atoms with Crippen LogP contribution in [0.2, 0.25) is 5.02 Å². The van der Waals surface area contributed by atoms with Crippen LogP contribution in [0.4, 0.5) is 5.69 Å². The molecule has 0 saturated carbocycles. The van der Waals surface area contributed by atoms with Gasteiger partial charge in [-0.05, 0) is 44.9 Å². The highest BCUT2D eigenvalue weighted by atomic mass is 35.5.